The van der Waals surface area contributed by atoms with Crippen LogP contribution in [0.15, 0.2) is 48.5 Å². The predicted octanol–water partition coefficient (Wildman–Crippen LogP) is 2.64. The number of benzene rings is 2. The molecule has 0 N–H and O–H groups in total. The lowest BCUT2D eigenvalue weighted by atomic mass is 9.51. The van der Waals surface area contributed by atoms with Crippen molar-refractivity contribution in [3.05, 3.63) is 59.7 Å². The van der Waals surface area contributed by atoms with Gasteiger partial charge in [-0.3, -0.25) is 9.59 Å². The molecular formula is C18H12O4. The largest absolute Gasteiger partial charge is 0.426 e. The zero-order chi connectivity index (χ0) is 14.8. The Morgan fingerprint density at radius 1 is 0.591 bits per heavy atom. The molecule has 0 radical (unpaired) electrons. The molecule has 4 atom stereocenters. The molecule has 1 aliphatic carbocycles. The van der Waals surface area contributed by atoms with Crippen LogP contribution in [0.25, 0.3) is 0 Å². The van der Waals surface area contributed by atoms with Crippen LogP contribution in [-0.2, 0) is 9.59 Å². The molecule has 22 heavy (non-hydrogen) atoms. The first-order chi connectivity index (χ1) is 10.8. The van der Waals surface area contributed by atoms with Gasteiger partial charge >= 0.3 is 11.9 Å². The van der Waals surface area contributed by atoms with E-state index in [2.05, 4.69) is 0 Å². The summed E-state index contributed by atoms with van der Waals surface area (Å²) in [6, 6.07) is 15.2. The maximum absolute atomic E-state index is 12.3. The van der Waals surface area contributed by atoms with Crippen molar-refractivity contribution in [3.8, 4) is 11.5 Å². The Hall–Kier alpha value is -2.62. The molecule has 0 bridgehead atoms. The monoisotopic (exact) mass is 292 g/mol. The number of hydrogen-bond acceptors (Lipinski definition) is 4. The number of rotatable bonds is 0. The Labute approximate surface area is 126 Å². The van der Waals surface area contributed by atoms with Gasteiger partial charge in [-0.1, -0.05) is 36.4 Å². The van der Waals surface area contributed by atoms with Crippen molar-refractivity contribution < 1.29 is 19.1 Å². The second-order valence-electron chi connectivity index (χ2n) is 6.02. The highest BCUT2D eigenvalue weighted by molar-refractivity contribution is 5.92. The second kappa shape index (κ2) is 3.97. The number of para-hydroxylation sites is 2. The highest BCUT2D eigenvalue weighted by Gasteiger charge is 2.64. The van der Waals surface area contributed by atoms with Crippen molar-refractivity contribution in [3.63, 3.8) is 0 Å². The van der Waals surface area contributed by atoms with Crippen molar-refractivity contribution in [1.29, 1.82) is 0 Å². The Bertz CT molecular complexity index is 756. The van der Waals surface area contributed by atoms with Crippen LogP contribution in [0, 0.1) is 11.8 Å². The van der Waals surface area contributed by atoms with E-state index in [0.29, 0.717) is 11.5 Å². The van der Waals surface area contributed by atoms with Crippen LogP contribution in [0.4, 0.5) is 0 Å². The molecule has 2 aliphatic heterocycles. The summed E-state index contributed by atoms with van der Waals surface area (Å²) >= 11 is 0. The zero-order valence-electron chi connectivity index (χ0n) is 11.6. The van der Waals surface area contributed by atoms with Gasteiger partial charge in [0.05, 0.1) is 11.8 Å². The summed E-state index contributed by atoms with van der Waals surface area (Å²) in [6.07, 6.45) is 0. The SMILES string of the molecule is O=C1Oc2ccccc2[C@H]2[C@H]1[C@@H]1C(=O)Oc3ccccc3[C@H]12. The summed E-state index contributed by atoms with van der Waals surface area (Å²) in [5.74, 6) is -0.274. The van der Waals surface area contributed by atoms with Gasteiger partial charge in [0.15, 0.2) is 0 Å². The van der Waals surface area contributed by atoms with Gasteiger partial charge in [-0.15, -0.1) is 0 Å². The van der Waals surface area contributed by atoms with Crippen molar-refractivity contribution in [2.24, 2.45) is 11.8 Å². The van der Waals surface area contributed by atoms with E-state index in [0.717, 1.165) is 11.1 Å². The molecule has 0 amide bonds. The number of hydrogen-bond donors (Lipinski definition) is 0. The summed E-state index contributed by atoms with van der Waals surface area (Å²) in [7, 11) is 0. The van der Waals surface area contributed by atoms with Crippen LogP contribution in [-0.4, -0.2) is 11.9 Å². The second-order valence-corrected chi connectivity index (χ2v) is 6.02. The molecule has 5 rings (SSSR count). The molecule has 2 aromatic carbocycles. The van der Waals surface area contributed by atoms with Crippen LogP contribution in [0.5, 0.6) is 11.5 Å². The number of fused-ring (bicyclic) bond motifs is 8. The first kappa shape index (κ1) is 12.0. The maximum Gasteiger partial charge on any atom is 0.315 e. The fraction of sp³-hybridized carbons (Fsp3) is 0.222. The molecular weight excluding hydrogens is 280 g/mol. The van der Waals surface area contributed by atoms with Crippen molar-refractivity contribution in [2.75, 3.05) is 0 Å². The van der Waals surface area contributed by atoms with Crippen LogP contribution < -0.4 is 9.47 Å². The molecule has 1 saturated carbocycles. The minimum Gasteiger partial charge on any atom is -0.426 e. The lowest BCUT2D eigenvalue weighted by molar-refractivity contribution is -0.165. The maximum atomic E-state index is 12.3. The Kier molecular flexibility index (Phi) is 2.16. The van der Waals surface area contributed by atoms with E-state index in [9.17, 15) is 9.59 Å². The third-order valence-electron chi connectivity index (χ3n) is 5.07. The highest BCUT2D eigenvalue weighted by Crippen LogP contribution is 2.64. The van der Waals surface area contributed by atoms with Crippen LogP contribution >= 0.6 is 0 Å². The minimum atomic E-state index is -0.430. The minimum absolute atomic E-state index is 0.00329. The first-order valence-electron chi connectivity index (χ1n) is 7.37. The summed E-state index contributed by atoms with van der Waals surface area (Å²) in [5.41, 5.74) is 2.02. The molecule has 0 unspecified atom stereocenters. The Balaban J connectivity index is 1.71. The van der Waals surface area contributed by atoms with Crippen LogP contribution in [0.1, 0.15) is 23.0 Å². The van der Waals surface area contributed by atoms with Gasteiger partial charge in [0, 0.05) is 11.8 Å². The van der Waals surface area contributed by atoms with Gasteiger partial charge in [-0.05, 0) is 23.3 Å². The zero-order valence-corrected chi connectivity index (χ0v) is 11.6. The molecule has 2 heterocycles. The van der Waals surface area contributed by atoms with Gasteiger partial charge in [0.2, 0.25) is 0 Å². The smallest absolute Gasteiger partial charge is 0.315 e. The summed E-state index contributed by atoms with van der Waals surface area (Å²) in [5, 5.41) is 0. The van der Waals surface area contributed by atoms with Crippen LogP contribution in [0.3, 0.4) is 0 Å². The Morgan fingerprint density at radius 3 is 1.45 bits per heavy atom. The highest BCUT2D eigenvalue weighted by atomic mass is 16.5. The Morgan fingerprint density at radius 2 is 1.00 bits per heavy atom. The van der Waals surface area contributed by atoms with E-state index in [1.165, 1.54) is 0 Å². The van der Waals surface area contributed by atoms with E-state index in [4.69, 9.17) is 9.47 Å². The van der Waals surface area contributed by atoms with Crippen molar-refractivity contribution in [1.82, 2.24) is 0 Å². The van der Waals surface area contributed by atoms with Gasteiger partial charge in [0.1, 0.15) is 11.5 Å². The molecule has 0 spiro atoms. The lowest BCUT2D eigenvalue weighted by Gasteiger charge is -2.53. The average Bonchev–Trinajstić information content (AvgIpc) is 2.49. The van der Waals surface area contributed by atoms with E-state index in [1.807, 2.05) is 48.5 Å². The van der Waals surface area contributed by atoms with E-state index in [-0.39, 0.29) is 23.8 Å². The molecule has 4 nitrogen and oxygen atoms in total. The van der Waals surface area contributed by atoms with E-state index < -0.39 is 11.8 Å². The fourth-order valence-electron chi connectivity index (χ4n) is 4.16. The quantitative estimate of drug-likeness (QED) is 0.553. The lowest BCUT2D eigenvalue weighted by Crippen LogP contribution is -2.57. The predicted molar refractivity (Wildman–Crippen MR) is 76.6 cm³/mol. The number of carbonyl (C=O) groups excluding carboxylic acids is 2. The van der Waals surface area contributed by atoms with Gasteiger partial charge in [0.25, 0.3) is 0 Å². The summed E-state index contributed by atoms with van der Waals surface area (Å²) in [6.45, 7) is 0. The molecule has 3 aliphatic rings. The molecule has 4 heteroatoms. The van der Waals surface area contributed by atoms with Crippen molar-refractivity contribution in [2.45, 2.75) is 11.8 Å². The summed E-state index contributed by atoms with van der Waals surface area (Å²) in [4.78, 5) is 24.6. The topological polar surface area (TPSA) is 52.6 Å². The van der Waals surface area contributed by atoms with E-state index >= 15 is 0 Å². The molecule has 2 aromatic rings. The average molecular weight is 292 g/mol. The van der Waals surface area contributed by atoms with Gasteiger partial charge in [-0.2, -0.15) is 0 Å². The molecule has 0 aromatic heterocycles. The molecule has 108 valence electrons. The van der Waals surface area contributed by atoms with Gasteiger partial charge in [-0.25, -0.2) is 0 Å². The first-order valence-corrected chi connectivity index (χ1v) is 7.37. The molecule has 1 fully saturated rings. The number of carbonyl (C=O) groups is 2. The standard InChI is InChI=1S/C18H12O4/c19-17-15-13(9-5-1-3-7-11(9)21-17)14-10-6-2-4-8-12(10)22-18(20)16(14)15/h1-8,13-16H/t13-,14+,15+,16-. The third kappa shape index (κ3) is 1.32. The number of esters is 2. The third-order valence-corrected chi connectivity index (χ3v) is 5.07. The fourth-order valence-corrected chi connectivity index (χ4v) is 4.16. The van der Waals surface area contributed by atoms with Crippen molar-refractivity contribution >= 4 is 11.9 Å². The van der Waals surface area contributed by atoms with Gasteiger partial charge < -0.3 is 9.47 Å². The normalized spacial score (nSPS) is 30.7. The number of ether oxygens (including phenoxy) is 2. The van der Waals surface area contributed by atoms with E-state index in [1.54, 1.807) is 0 Å². The van der Waals surface area contributed by atoms with Crippen LogP contribution in [0.2, 0.25) is 0 Å². The molecule has 0 saturated heterocycles. The summed E-state index contributed by atoms with van der Waals surface area (Å²) < 4.78 is 10.8.